The molecule has 1 fully saturated rings. The largest absolute Gasteiger partial charge is 0.322 e. The first-order chi connectivity index (χ1) is 10.3. The van der Waals surface area contributed by atoms with Gasteiger partial charge >= 0.3 is 0 Å². The van der Waals surface area contributed by atoms with Crippen molar-refractivity contribution in [1.82, 2.24) is 4.98 Å². The Bertz CT molecular complexity index is 761. The van der Waals surface area contributed by atoms with Crippen LogP contribution in [-0.2, 0) is 0 Å². The molecule has 1 aliphatic rings. The highest BCUT2D eigenvalue weighted by Gasteiger charge is 2.43. The molecule has 3 aromatic rings. The molecule has 0 spiro atoms. The van der Waals surface area contributed by atoms with Gasteiger partial charge in [-0.15, -0.1) is 0 Å². The van der Waals surface area contributed by atoms with Crippen molar-refractivity contribution in [2.45, 2.75) is 18.4 Å². The fourth-order valence-electron chi connectivity index (χ4n) is 3.31. The van der Waals surface area contributed by atoms with Crippen molar-refractivity contribution in [1.29, 1.82) is 0 Å². The highest BCUT2D eigenvalue weighted by molar-refractivity contribution is 5.84. The summed E-state index contributed by atoms with van der Waals surface area (Å²) in [5.74, 6) is 1.09. The highest BCUT2D eigenvalue weighted by Crippen LogP contribution is 2.53. The van der Waals surface area contributed by atoms with Crippen LogP contribution in [0.4, 0.5) is 0 Å². The van der Waals surface area contributed by atoms with Gasteiger partial charge < -0.3 is 5.73 Å². The summed E-state index contributed by atoms with van der Waals surface area (Å²) in [7, 11) is 0. The zero-order valence-corrected chi connectivity index (χ0v) is 11.8. The van der Waals surface area contributed by atoms with Crippen LogP contribution in [0.2, 0.25) is 0 Å². The minimum atomic E-state index is 0.0151. The summed E-state index contributed by atoms with van der Waals surface area (Å²) in [6, 6.07) is 21.1. The average Bonchev–Trinajstić information content (AvgIpc) is 3.35. The molecule has 2 N–H and O–H groups in total. The van der Waals surface area contributed by atoms with Crippen LogP contribution in [0, 0.1) is 5.92 Å². The molecule has 1 saturated carbocycles. The van der Waals surface area contributed by atoms with E-state index in [0.717, 1.165) is 12.1 Å². The van der Waals surface area contributed by atoms with Crippen LogP contribution in [0.3, 0.4) is 0 Å². The van der Waals surface area contributed by atoms with Crippen LogP contribution in [0.5, 0.6) is 0 Å². The van der Waals surface area contributed by atoms with Crippen LogP contribution in [0.1, 0.15) is 29.6 Å². The van der Waals surface area contributed by atoms with Crippen molar-refractivity contribution in [2.75, 3.05) is 0 Å². The van der Waals surface area contributed by atoms with E-state index >= 15 is 0 Å². The van der Waals surface area contributed by atoms with Crippen molar-refractivity contribution in [2.24, 2.45) is 11.7 Å². The van der Waals surface area contributed by atoms with Crippen molar-refractivity contribution in [3.8, 4) is 0 Å². The van der Waals surface area contributed by atoms with Gasteiger partial charge in [-0.1, -0.05) is 54.6 Å². The minimum absolute atomic E-state index is 0.0151. The Kier molecular flexibility index (Phi) is 2.97. The number of nitrogens with two attached hydrogens (primary N) is 1. The van der Waals surface area contributed by atoms with E-state index in [1.807, 2.05) is 12.3 Å². The summed E-state index contributed by atoms with van der Waals surface area (Å²) >= 11 is 0. The zero-order chi connectivity index (χ0) is 14.2. The summed E-state index contributed by atoms with van der Waals surface area (Å²) in [5, 5.41) is 2.40. The van der Waals surface area contributed by atoms with E-state index in [1.165, 1.54) is 16.3 Å². The second-order valence-electron chi connectivity index (χ2n) is 5.86. The molecule has 1 heterocycles. The van der Waals surface area contributed by atoms with Gasteiger partial charge in [0.15, 0.2) is 0 Å². The predicted molar refractivity (Wildman–Crippen MR) is 86.0 cm³/mol. The second kappa shape index (κ2) is 4.97. The molecule has 0 amide bonds. The number of benzene rings is 2. The van der Waals surface area contributed by atoms with Gasteiger partial charge in [-0.25, -0.2) is 0 Å². The molecule has 1 aromatic heterocycles. The van der Waals surface area contributed by atoms with Crippen LogP contribution in [0.25, 0.3) is 10.8 Å². The lowest BCUT2D eigenvalue weighted by Gasteiger charge is -2.13. The van der Waals surface area contributed by atoms with Gasteiger partial charge in [0, 0.05) is 11.6 Å². The first-order valence-electron chi connectivity index (χ1n) is 7.49. The zero-order valence-electron chi connectivity index (χ0n) is 11.8. The molecule has 3 unspecified atom stereocenters. The fraction of sp³-hybridized carbons (Fsp3) is 0.211. The summed E-state index contributed by atoms with van der Waals surface area (Å²) in [5.41, 5.74) is 8.97. The lowest BCUT2D eigenvalue weighted by molar-refractivity contribution is 0.604. The lowest BCUT2D eigenvalue weighted by Crippen LogP contribution is -2.15. The molecule has 2 nitrogen and oxygen atoms in total. The molecule has 0 radical (unpaired) electrons. The number of hydrogen-bond acceptors (Lipinski definition) is 2. The van der Waals surface area contributed by atoms with E-state index in [2.05, 4.69) is 59.6 Å². The van der Waals surface area contributed by atoms with E-state index in [1.54, 1.807) is 0 Å². The quantitative estimate of drug-likeness (QED) is 0.783. The number of pyridine rings is 1. The second-order valence-corrected chi connectivity index (χ2v) is 5.86. The summed E-state index contributed by atoms with van der Waals surface area (Å²) < 4.78 is 0. The van der Waals surface area contributed by atoms with Gasteiger partial charge in [-0.05, 0) is 35.3 Å². The summed E-state index contributed by atoms with van der Waals surface area (Å²) in [6.07, 6.45) is 3.04. The number of fused-ring (bicyclic) bond motifs is 1. The first kappa shape index (κ1) is 12.5. The number of nitrogens with zero attached hydrogens (tertiary/aromatic N) is 1. The van der Waals surface area contributed by atoms with Crippen LogP contribution in [-0.4, -0.2) is 4.98 Å². The molecular formula is C19H18N2. The van der Waals surface area contributed by atoms with Gasteiger partial charge in [0.2, 0.25) is 0 Å². The van der Waals surface area contributed by atoms with E-state index < -0.39 is 0 Å². The molecular weight excluding hydrogens is 256 g/mol. The summed E-state index contributed by atoms with van der Waals surface area (Å²) in [6.45, 7) is 0. The maximum Gasteiger partial charge on any atom is 0.0652 e. The topological polar surface area (TPSA) is 38.9 Å². The molecule has 0 bridgehead atoms. The number of aromatic nitrogens is 1. The van der Waals surface area contributed by atoms with Crippen LogP contribution < -0.4 is 5.73 Å². The Morgan fingerprint density at radius 1 is 0.952 bits per heavy atom. The van der Waals surface area contributed by atoms with Crippen molar-refractivity contribution in [3.63, 3.8) is 0 Å². The third kappa shape index (κ3) is 2.22. The van der Waals surface area contributed by atoms with Gasteiger partial charge in [0.25, 0.3) is 0 Å². The minimum Gasteiger partial charge on any atom is -0.322 e. The molecule has 0 saturated heterocycles. The Labute approximate surface area is 124 Å². The first-order valence-corrected chi connectivity index (χ1v) is 7.49. The molecule has 1 aliphatic carbocycles. The Hall–Kier alpha value is -2.19. The standard InChI is InChI=1S/C19H18N2/c20-18(17-12-16(17)13-6-2-1-3-7-13)19-15-9-5-4-8-14(15)10-11-21-19/h1-11,16-18H,12,20H2. The van der Waals surface area contributed by atoms with Crippen LogP contribution in [0.15, 0.2) is 66.9 Å². The van der Waals surface area contributed by atoms with Gasteiger partial charge in [0.1, 0.15) is 0 Å². The number of rotatable bonds is 3. The molecule has 0 aliphatic heterocycles. The Morgan fingerprint density at radius 2 is 1.71 bits per heavy atom. The maximum absolute atomic E-state index is 6.53. The van der Waals surface area contributed by atoms with E-state index in [-0.39, 0.29) is 6.04 Å². The average molecular weight is 274 g/mol. The molecule has 21 heavy (non-hydrogen) atoms. The third-order valence-corrected chi connectivity index (χ3v) is 4.55. The maximum atomic E-state index is 6.53. The highest BCUT2D eigenvalue weighted by atomic mass is 14.8. The molecule has 104 valence electrons. The Morgan fingerprint density at radius 3 is 2.57 bits per heavy atom. The molecule has 4 rings (SSSR count). The normalized spacial score (nSPS) is 22.1. The van der Waals surface area contributed by atoms with Crippen molar-refractivity contribution in [3.05, 3.63) is 78.1 Å². The smallest absolute Gasteiger partial charge is 0.0652 e. The van der Waals surface area contributed by atoms with E-state index in [4.69, 9.17) is 5.73 Å². The third-order valence-electron chi connectivity index (χ3n) is 4.55. The van der Waals surface area contributed by atoms with Gasteiger partial charge in [0.05, 0.1) is 11.7 Å². The molecule has 2 heteroatoms. The van der Waals surface area contributed by atoms with Crippen molar-refractivity contribution >= 4 is 10.8 Å². The number of hydrogen-bond donors (Lipinski definition) is 1. The Balaban J connectivity index is 1.65. The van der Waals surface area contributed by atoms with Crippen LogP contribution >= 0.6 is 0 Å². The van der Waals surface area contributed by atoms with Crippen molar-refractivity contribution < 1.29 is 0 Å². The monoisotopic (exact) mass is 274 g/mol. The molecule has 2 aromatic carbocycles. The van der Waals surface area contributed by atoms with Gasteiger partial charge in [-0.3, -0.25) is 4.98 Å². The van der Waals surface area contributed by atoms with E-state index in [0.29, 0.717) is 11.8 Å². The summed E-state index contributed by atoms with van der Waals surface area (Å²) in [4.78, 5) is 4.57. The van der Waals surface area contributed by atoms with E-state index in [9.17, 15) is 0 Å². The molecule has 3 atom stereocenters. The lowest BCUT2D eigenvalue weighted by atomic mass is 9.99. The SMILES string of the molecule is NC(c1nccc2ccccc12)C1CC1c1ccccc1. The predicted octanol–water partition coefficient (Wildman–Crippen LogP) is 4.04. The van der Waals surface area contributed by atoms with Gasteiger partial charge in [-0.2, -0.15) is 0 Å². The fourth-order valence-corrected chi connectivity index (χ4v) is 3.31.